The molecule has 0 radical (unpaired) electrons. The molecule has 2 aromatic rings. The van der Waals surface area contributed by atoms with Gasteiger partial charge in [-0.2, -0.15) is 0 Å². The first kappa shape index (κ1) is 26.6. The fourth-order valence-electron chi connectivity index (χ4n) is 3.36. The van der Waals surface area contributed by atoms with E-state index in [1.807, 2.05) is 76.2 Å². The van der Waals surface area contributed by atoms with E-state index in [2.05, 4.69) is 5.32 Å². The number of benzene rings is 2. The van der Waals surface area contributed by atoms with E-state index in [0.29, 0.717) is 24.5 Å². The highest BCUT2D eigenvalue weighted by Gasteiger charge is 2.30. The lowest BCUT2D eigenvalue weighted by atomic mass is 10.1. The maximum absolute atomic E-state index is 13.3. The van der Waals surface area contributed by atoms with Gasteiger partial charge in [-0.1, -0.05) is 31.2 Å². The molecule has 6 nitrogen and oxygen atoms in total. The Morgan fingerprint density at radius 2 is 1.45 bits per heavy atom. The Balaban J connectivity index is 2.14. The summed E-state index contributed by atoms with van der Waals surface area (Å²) in [5, 5.41) is 3.03. The van der Waals surface area contributed by atoms with Crippen molar-refractivity contribution in [2.45, 2.75) is 58.0 Å². The first-order valence-electron chi connectivity index (χ1n) is 11.1. The van der Waals surface area contributed by atoms with Crippen LogP contribution in [0.15, 0.2) is 48.5 Å². The van der Waals surface area contributed by atoms with Crippen molar-refractivity contribution >= 4 is 23.6 Å². The molecule has 1 N–H and O–H groups in total. The molecule has 0 saturated heterocycles. The van der Waals surface area contributed by atoms with E-state index in [9.17, 15) is 9.59 Å². The topological polar surface area (TPSA) is 67.9 Å². The number of amides is 2. The van der Waals surface area contributed by atoms with Gasteiger partial charge < -0.3 is 19.7 Å². The van der Waals surface area contributed by atoms with Crippen LogP contribution in [-0.4, -0.2) is 48.3 Å². The largest absolute Gasteiger partial charge is 0.497 e. The number of methoxy groups -OCH3 is 2. The van der Waals surface area contributed by atoms with E-state index < -0.39 is 6.04 Å². The van der Waals surface area contributed by atoms with Crippen LogP contribution < -0.4 is 14.8 Å². The molecule has 0 aromatic heterocycles. The Morgan fingerprint density at radius 1 is 0.939 bits per heavy atom. The molecule has 7 heteroatoms. The Kier molecular flexibility index (Phi) is 10.1. The summed E-state index contributed by atoms with van der Waals surface area (Å²) in [6, 6.07) is 14.9. The highest BCUT2D eigenvalue weighted by atomic mass is 32.2. The third-order valence-electron chi connectivity index (χ3n) is 5.05. The van der Waals surface area contributed by atoms with Crippen LogP contribution in [0.1, 0.15) is 45.2 Å². The van der Waals surface area contributed by atoms with Crippen LogP contribution in [0, 0.1) is 0 Å². The number of ether oxygens (including phenoxy) is 2. The first-order chi connectivity index (χ1) is 15.7. The first-order valence-corrected chi connectivity index (χ1v) is 12.3. The Labute approximate surface area is 202 Å². The lowest BCUT2D eigenvalue weighted by Crippen LogP contribution is -2.53. The quantitative estimate of drug-likeness (QED) is 0.515. The van der Waals surface area contributed by atoms with Crippen LogP contribution >= 0.6 is 11.8 Å². The zero-order valence-electron chi connectivity index (χ0n) is 20.5. The summed E-state index contributed by atoms with van der Waals surface area (Å²) in [6.07, 6.45) is 0.535. The number of hydrogen-bond donors (Lipinski definition) is 1. The molecular formula is C26H36N2O4S. The van der Waals surface area contributed by atoms with Crippen molar-refractivity contribution in [3.05, 3.63) is 59.7 Å². The second kappa shape index (κ2) is 12.5. The van der Waals surface area contributed by atoms with Crippen molar-refractivity contribution in [3.8, 4) is 11.5 Å². The molecule has 0 spiro atoms. The number of hydrogen-bond acceptors (Lipinski definition) is 5. The average molecular weight is 473 g/mol. The van der Waals surface area contributed by atoms with Gasteiger partial charge in [0.15, 0.2) is 0 Å². The summed E-state index contributed by atoms with van der Waals surface area (Å²) in [6.45, 7) is 8.13. The second-order valence-electron chi connectivity index (χ2n) is 8.87. The highest BCUT2D eigenvalue weighted by Crippen LogP contribution is 2.20. The zero-order valence-corrected chi connectivity index (χ0v) is 21.3. The normalized spacial score (nSPS) is 12.1. The van der Waals surface area contributed by atoms with E-state index in [0.717, 1.165) is 22.6 Å². The molecule has 0 heterocycles. The molecule has 0 aliphatic rings. The number of nitrogens with zero attached hydrogens (tertiary/aromatic N) is 1. The molecule has 180 valence electrons. The summed E-state index contributed by atoms with van der Waals surface area (Å²) in [7, 11) is 3.26. The van der Waals surface area contributed by atoms with Crippen LogP contribution in [0.2, 0.25) is 0 Å². The lowest BCUT2D eigenvalue weighted by Gasteiger charge is -2.33. The predicted molar refractivity (Wildman–Crippen MR) is 135 cm³/mol. The molecule has 0 unspecified atom stereocenters. The third-order valence-corrected chi connectivity index (χ3v) is 6.04. The van der Waals surface area contributed by atoms with Crippen molar-refractivity contribution in [3.63, 3.8) is 0 Å². The summed E-state index contributed by atoms with van der Waals surface area (Å²) >= 11 is 1.54. The minimum absolute atomic E-state index is 0.0553. The molecule has 2 amide bonds. The van der Waals surface area contributed by atoms with Gasteiger partial charge in [0.25, 0.3) is 0 Å². The molecule has 0 saturated carbocycles. The molecule has 2 aromatic carbocycles. The van der Waals surface area contributed by atoms with Gasteiger partial charge in [0, 0.05) is 17.8 Å². The van der Waals surface area contributed by atoms with E-state index in [-0.39, 0.29) is 17.4 Å². The van der Waals surface area contributed by atoms with Crippen LogP contribution in [-0.2, 0) is 21.9 Å². The molecule has 0 bridgehead atoms. The Morgan fingerprint density at radius 3 is 1.91 bits per heavy atom. The number of nitrogens with one attached hydrogen (secondary N) is 1. The van der Waals surface area contributed by atoms with Crippen molar-refractivity contribution < 1.29 is 19.1 Å². The van der Waals surface area contributed by atoms with Gasteiger partial charge in [-0.15, -0.1) is 11.8 Å². The Bertz CT molecular complexity index is 892. The Hall–Kier alpha value is -2.67. The standard InChI is InChI=1S/C26H36N2O4S/c1-7-23(25(30)27-26(2,3)4)28(16-19-8-12-21(31-5)13-9-19)24(29)18-33-17-20-10-14-22(32-6)15-11-20/h8-15,23H,7,16-18H2,1-6H3,(H,27,30)/t23-/m0/s1. The zero-order chi connectivity index (χ0) is 24.4. The fraction of sp³-hybridized carbons (Fsp3) is 0.462. The molecular weight excluding hydrogens is 436 g/mol. The lowest BCUT2D eigenvalue weighted by molar-refractivity contribution is -0.140. The van der Waals surface area contributed by atoms with E-state index in [4.69, 9.17) is 9.47 Å². The number of rotatable bonds is 11. The monoisotopic (exact) mass is 472 g/mol. The third kappa shape index (κ3) is 8.65. The van der Waals surface area contributed by atoms with Gasteiger partial charge >= 0.3 is 0 Å². The molecule has 0 aliphatic heterocycles. The number of thioether (sulfide) groups is 1. The summed E-state index contributed by atoms with van der Waals surface area (Å²) in [5.41, 5.74) is 1.70. The van der Waals surface area contributed by atoms with Gasteiger partial charge in [0.05, 0.1) is 20.0 Å². The minimum Gasteiger partial charge on any atom is -0.497 e. The van der Waals surface area contributed by atoms with Crippen molar-refractivity contribution in [2.75, 3.05) is 20.0 Å². The molecule has 1 atom stereocenters. The van der Waals surface area contributed by atoms with Crippen molar-refractivity contribution in [1.29, 1.82) is 0 Å². The van der Waals surface area contributed by atoms with Crippen molar-refractivity contribution in [1.82, 2.24) is 10.2 Å². The van der Waals surface area contributed by atoms with Crippen molar-refractivity contribution in [2.24, 2.45) is 0 Å². The maximum atomic E-state index is 13.3. The van der Waals surface area contributed by atoms with Crippen LogP contribution in [0.3, 0.4) is 0 Å². The van der Waals surface area contributed by atoms with E-state index in [1.54, 1.807) is 30.9 Å². The molecule has 33 heavy (non-hydrogen) atoms. The maximum Gasteiger partial charge on any atom is 0.243 e. The average Bonchev–Trinajstić information content (AvgIpc) is 2.78. The molecule has 0 fully saturated rings. The van der Waals surface area contributed by atoms with Crippen LogP contribution in [0.25, 0.3) is 0 Å². The fourth-order valence-corrected chi connectivity index (χ4v) is 4.23. The van der Waals surface area contributed by atoms with Gasteiger partial charge in [-0.3, -0.25) is 9.59 Å². The summed E-state index contributed by atoms with van der Waals surface area (Å²) < 4.78 is 10.4. The van der Waals surface area contributed by atoms with Crippen LogP contribution in [0.4, 0.5) is 0 Å². The van der Waals surface area contributed by atoms with E-state index >= 15 is 0 Å². The van der Waals surface area contributed by atoms with E-state index in [1.165, 1.54) is 0 Å². The number of carbonyl (C=O) groups is 2. The number of carbonyl (C=O) groups excluding carboxylic acids is 2. The second-order valence-corrected chi connectivity index (χ2v) is 9.86. The molecule has 0 aliphatic carbocycles. The summed E-state index contributed by atoms with van der Waals surface area (Å²) in [4.78, 5) is 28.0. The highest BCUT2D eigenvalue weighted by molar-refractivity contribution is 7.99. The van der Waals surface area contributed by atoms with Gasteiger partial charge in [0.2, 0.25) is 11.8 Å². The smallest absolute Gasteiger partial charge is 0.243 e. The van der Waals surface area contributed by atoms with Gasteiger partial charge in [-0.25, -0.2) is 0 Å². The minimum atomic E-state index is -0.541. The van der Waals surface area contributed by atoms with Crippen LogP contribution in [0.5, 0.6) is 11.5 Å². The van der Waals surface area contributed by atoms with Gasteiger partial charge in [0.1, 0.15) is 17.5 Å². The summed E-state index contributed by atoms with van der Waals surface area (Å²) in [5.74, 6) is 2.37. The predicted octanol–water partition coefficient (Wildman–Crippen LogP) is 4.66. The molecule has 2 rings (SSSR count). The van der Waals surface area contributed by atoms with Gasteiger partial charge in [-0.05, 0) is 62.6 Å². The SMILES string of the molecule is CC[C@@H](C(=O)NC(C)(C)C)N(Cc1ccc(OC)cc1)C(=O)CSCc1ccc(OC)cc1.